The summed E-state index contributed by atoms with van der Waals surface area (Å²) < 4.78 is 15.0. The number of benzene rings is 2. The predicted molar refractivity (Wildman–Crippen MR) is 89.4 cm³/mol. The van der Waals surface area contributed by atoms with Gasteiger partial charge >= 0.3 is 0 Å². The van der Waals surface area contributed by atoms with Crippen molar-refractivity contribution in [3.8, 4) is 0 Å². The molecule has 2 aromatic carbocycles. The second-order valence-electron chi connectivity index (χ2n) is 5.69. The van der Waals surface area contributed by atoms with E-state index < -0.39 is 0 Å². The van der Waals surface area contributed by atoms with Crippen molar-refractivity contribution < 1.29 is 9.18 Å². The number of carbonyl (C=O) groups is 1. The zero-order valence-corrected chi connectivity index (χ0v) is 13.1. The molecule has 0 N–H and O–H groups in total. The molecule has 0 saturated heterocycles. The fourth-order valence-corrected chi connectivity index (χ4v) is 2.69. The highest BCUT2D eigenvalue weighted by molar-refractivity contribution is 5.80. The maximum atomic E-state index is 12.9. The summed E-state index contributed by atoms with van der Waals surface area (Å²) in [6, 6.07) is 16.4. The Morgan fingerprint density at radius 3 is 2.61 bits per heavy atom. The number of rotatable bonds is 5. The third kappa shape index (κ3) is 3.59. The highest BCUT2D eigenvalue weighted by atomic mass is 19.1. The molecule has 0 radical (unpaired) electrons. The van der Waals surface area contributed by atoms with Gasteiger partial charge in [-0.1, -0.05) is 30.3 Å². The number of amides is 1. The SMILES string of the molecule is CN(Cc1ccc(F)cc1)C(=O)CCn1ccc2ccccc21. The number of carbonyl (C=O) groups excluding carboxylic acids is 1. The number of nitrogens with zero attached hydrogens (tertiary/aromatic N) is 2. The van der Waals surface area contributed by atoms with Crippen LogP contribution >= 0.6 is 0 Å². The smallest absolute Gasteiger partial charge is 0.224 e. The minimum Gasteiger partial charge on any atom is -0.347 e. The molecule has 1 amide bonds. The van der Waals surface area contributed by atoms with Crippen molar-refractivity contribution in [2.24, 2.45) is 0 Å². The van der Waals surface area contributed by atoms with Crippen LogP contribution in [-0.4, -0.2) is 22.4 Å². The van der Waals surface area contributed by atoms with Crippen molar-refractivity contribution in [2.75, 3.05) is 7.05 Å². The van der Waals surface area contributed by atoms with Gasteiger partial charge in [0.05, 0.1) is 0 Å². The molecule has 0 aliphatic carbocycles. The summed E-state index contributed by atoms with van der Waals surface area (Å²) in [5.74, 6) is -0.186. The fraction of sp³-hybridized carbons (Fsp3) is 0.211. The second-order valence-corrected chi connectivity index (χ2v) is 5.69. The van der Waals surface area contributed by atoms with E-state index in [1.807, 2.05) is 18.3 Å². The van der Waals surface area contributed by atoms with E-state index in [1.54, 1.807) is 24.1 Å². The van der Waals surface area contributed by atoms with Gasteiger partial charge in [0.1, 0.15) is 5.82 Å². The Kier molecular flexibility index (Phi) is 4.42. The van der Waals surface area contributed by atoms with Gasteiger partial charge in [-0.05, 0) is 35.2 Å². The molecule has 0 aliphatic heterocycles. The maximum Gasteiger partial charge on any atom is 0.224 e. The quantitative estimate of drug-likeness (QED) is 0.703. The van der Waals surface area contributed by atoms with E-state index >= 15 is 0 Å². The number of para-hydroxylation sites is 1. The van der Waals surface area contributed by atoms with Crippen LogP contribution in [0.3, 0.4) is 0 Å². The zero-order chi connectivity index (χ0) is 16.2. The van der Waals surface area contributed by atoms with Crippen LogP contribution in [-0.2, 0) is 17.9 Å². The summed E-state index contributed by atoms with van der Waals surface area (Å²) >= 11 is 0. The highest BCUT2D eigenvalue weighted by Crippen LogP contribution is 2.15. The van der Waals surface area contributed by atoms with Gasteiger partial charge in [-0.2, -0.15) is 0 Å². The highest BCUT2D eigenvalue weighted by Gasteiger charge is 2.10. The van der Waals surface area contributed by atoms with Crippen molar-refractivity contribution in [1.82, 2.24) is 9.47 Å². The summed E-state index contributed by atoms with van der Waals surface area (Å²) in [5, 5.41) is 1.18. The Bertz CT molecular complexity index is 808. The van der Waals surface area contributed by atoms with E-state index in [0.29, 0.717) is 19.5 Å². The van der Waals surface area contributed by atoms with Crippen molar-refractivity contribution in [3.05, 3.63) is 72.2 Å². The Morgan fingerprint density at radius 2 is 1.83 bits per heavy atom. The van der Waals surface area contributed by atoms with Crippen molar-refractivity contribution in [2.45, 2.75) is 19.5 Å². The van der Waals surface area contributed by atoms with E-state index in [2.05, 4.69) is 22.8 Å². The third-order valence-electron chi connectivity index (χ3n) is 4.01. The first-order valence-corrected chi connectivity index (χ1v) is 7.66. The Labute approximate surface area is 135 Å². The summed E-state index contributed by atoms with van der Waals surface area (Å²) in [4.78, 5) is 14.0. The van der Waals surface area contributed by atoms with Gasteiger partial charge in [-0.3, -0.25) is 4.79 Å². The number of hydrogen-bond donors (Lipinski definition) is 0. The van der Waals surface area contributed by atoms with Gasteiger partial charge in [-0.25, -0.2) is 4.39 Å². The van der Waals surface area contributed by atoms with Gasteiger partial charge in [0, 0.05) is 38.3 Å². The van der Waals surface area contributed by atoms with Crippen LogP contribution in [0.5, 0.6) is 0 Å². The van der Waals surface area contributed by atoms with E-state index in [1.165, 1.54) is 17.5 Å². The summed E-state index contributed by atoms with van der Waals surface area (Å²) in [5.41, 5.74) is 2.06. The average Bonchev–Trinajstić information content (AvgIpc) is 2.98. The molecule has 0 saturated carbocycles. The number of fused-ring (bicyclic) bond motifs is 1. The number of hydrogen-bond acceptors (Lipinski definition) is 1. The lowest BCUT2D eigenvalue weighted by atomic mass is 10.2. The van der Waals surface area contributed by atoms with E-state index in [9.17, 15) is 9.18 Å². The number of aryl methyl sites for hydroxylation is 1. The first-order chi connectivity index (χ1) is 11.1. The molecular formula is C19H19FN2O. The number of halogens is 1. The summed E-state index contributed by atoms with van der Waals surface area (Å²) in [6.07, 6.45) is 2.45. The maximum absolute atomic E-state index is 12.9. The molecule has 3 nitrogen and oxygen atoms in total. The first-order valence-electron chi connectivity index (χ1n) is 7.66. The van der Waals surface area contributed by atoms with Crippen LogP contribution in [0.2, 0.25) is 0 Å². The van der Waals surface area contributed by atoms with E-state index in [0.717, 1.165) is 11.1 Å². The molecule has 0 atom stereocenters. The largest absolute Gasteiger partial charge is 0.347 e. The molecule has 0 aliphatic rings. The van der Waals surface area contributed by atoms with Gasteiger partial charge < -0.3 is 9.47 Å². The topological polar surface area (TPSA) is 25.2 Å². The molecule has 0 bridgehead atoms. The molecular weight excluding hydrogens is 291 g/mol. The summed E-state index contributed by atoms with van der Waals surface area (Å²) in [6.45, 7) is 1.14. The monoisotopic (exact) mass is 310 g/mol. The standard InChI is InChI=1S/C19H19FN2O/c1-21(14-15-6-8-17(20)9-7-15)19(23)11-13-22-12-10-16-4-2-3-5-18(16)22/h2-10,12H,11,13-14H2,1H3. The van der Waals surface area contributed by atoms with Crippen LogP contribution in [0.25, 0.3) is 10.9 Å². The first kappa shape index (κ1) is 15.3. The van der Waals surface area contributed by atoms with Crippen LogP contribution in [0, 0.1) is 5.82 Å². The normalized spacial score (nSPS) is 10.9. The van der Waals surface area contributed by atoms with Crippen molar-refractivity contribution in [1.29, 1.82) is 0 Å². The van der Waals surface area contributed by atoms with Crippen LogP contribution in [0.15, 0.2) is 60.8 Å². The molecule has 4 heteroatoms. The third-order valence-corrected chi connectivity index (χ3v) is 4.01. The summed E-state index contributed by atoms with van der Waals surface area (Å²) in [7, 11) is 1.78. The van der Waals surface area contributed by atoms with E-state index in [-0.39, 0.29) is 11.7 Å². The number of aromatic nitrogens is 1. The van der Waals surface area contributed by atoms with Crippen molar-refractivity contribution >= 4 is 16.8 Å². The molecule has 0 fully saturated rings. The Morgan fingerprint density at radius 1 is 1.09 bits per heavy atom. The minimum atomic E-state index is -0.262. The van der Waals surface area contributed by atoms with Crippen molar-refractivity contribution in [3.63, 3.8) is 0 Å². The minimum absolute atomic E-state index is 0.0760. The van der Waals surface area contributed by atoms with Crippen LogP contribution in [0.1, 0.15) is 12.0 Å². The second kappa shape index (κ2) is 6.65. The molecule has 3 rings (SSSR count). The molecule has 23 heavy (non-hydrogen) atoms. The van der Waals surface area contributed by atoms with Crippen LogP contribution in [0.4, 0.5) is 4.39 Å². The average molecular weight is 310 g/mol. The fourth-order valence-electron chi connectivity index (χ4n) is 2.69. The molecule has 1 heterocycles. The lowest BCUT2D eigenvalue weighted by Gasteiger charge is -2.17. The molecule has 1 aromatic heterocycles. The van der Waals surface area contributed by atoms with Gasteiger partial charge in [0.15, 0.2) is 0 Å². The van der Waals surface area contributed by atoms with E-state index in [4.69, 9.17) is 0 Å². The Hall–Kier alpha value is -2.62. The molecule has 0 unspecified atom stereocenters. The molecule has 118 valence electrons. The predicted octanol–water partition coefficient (Wildman–Crippen LogP) is 3.83. The zero-order valence-electron chi connectivity index (χ0n) is 13.1. The molecule has 3 aromatic rings. The van der Waals surface area contributed by atoms with Gasteiger partial charge in [0.2, 0.25) is 5.91 Å². The Balaban J connectivity index is 1.59. The lowest BCUT2D eigenvalue weighted by Crippen LogP contribution is -2.27. The van der Waals surface area contributed by atoms with Crippen LogP contribution < -0.4 is 0 Å². The lowest BCUT2D eigenvalue weighted by molar-refractivity contribution is -0.130. The molecule has 0 spiro atoms. The van der Waals surface area contributed by atoms with Gasteiger partial charge in [-0.15, -0.1) is 0 Å². The van der Waals surface area contributed by atoms with Gasteiger partial charge in [0.25, 0.3) is 0 Å².